The molecule has 1 N–H and O–H groups in total. The number of likely N-dealkylation sites (N-methyl/N-ethyl adjacent to an activating group) is 2. The molecule has 1 amide bonds. The first-order valence-corrected chi connectivity index (χ1v) is 7.64. The Hall–Kier alpha value is -2.00. The summed E-state index contributed by atoms with van der Waals surface area (Å²) < 4.78 is 26.1. The first-order chi connectivity index (χ1) is 9.75. The van der Waals surface area contributed by atoms with Gasteiger partial charge in [-0.1, -0.05) is 19.1 Å². The largest absolute Gasteiger partial charge is 0.358 e. The average Bonchev–Trinajstić information content (AvgIpc) is 2.43. The van der Waals surface area contributed by atoms with Crippen molar-refractivity contribution in [3.63, 3.8) is 0 Å². The quantitative estimate of drug-likeness (QED) is 0.612. The van der Waals surface area contributed by atoms with Gasteiger partial charge in [0.05, 0.1) is 11.5 Å². The summed E-state index contributed by atoms with van der Waals surface area (Å²) in [6, 6.07) is 4.03. The molecule has 1 aromatic carbocycles. The van der Waals surface area contributed by atoms with E-state index in [1.54, 1.807) is 6.92 Å². The van der Waals surface area contributed by atoms with Crippen molar-refractivity contribution in [1.29, 1.82) is 0 Å². The van der Waals surface area contributed by atoms with Gasteiger partial charge in [0, 0.05) is 19.7 Å². The topological polar surface area (TPSA) is 110 Å². The van der Waals surface area contributed by atoms with Crippen LogP contribution in [0.4, 0.5) is 5.69 Å². The van der Waals surface area contributed by atoms with Crippen molar-refractivity contribution in [2.75, 3.05) is 20.1 Å². The third kappa shape index (κ3) is 3.56. The Kier molecular flexibility index (Phi) is 5.39. The molecular formula is C12H17N3O5S. The second-order valence-corrected chi connectivity index (χ2v) is 6.16. The van der Waals surface area contributed by atoms with Gasteiger partial charge in [-0.15, -0.1) is 0 Å². The number of hydrogen-bond donors (Lipinski definition) is 1. The van der Waals surface area contributed by atoms with Crippen LogP contribution in [0.15, 0.2) is 23.1 Å². The molecule has 8 nitrogen and oxygen atoms in total. The molecule has 1 rings (SSSR count). The van der Waals surface area contributed by atoms with Gasteiger partial charge in [-0.3, -0.25) is 14.9 Å². The van der Waals surface area contributed by atoms with Crippen LogP contribution in [0.2, 0.25) is 0 Å². The van der Waals surface area contributed by atoms with Gasteiger partial charge in [0.1, 0.15) is 0 Å². The van der Waals surface area contributed by atoms with Gasteiger partial charge >= 0.3 is 0 Å². The van der Waals surface area contributed by atoms with E-state index in [4.69, 9.17) is 0 Å². The monoisotopic (exact) mass is 315 g/mol. The fraction of sp³-hybridized carbons (Fsp3) is 0.417. The highest BCUT2D eigenvalue weighted by atomic mass is 32.2. The van der Waals surface area contributed by atoms with Crippen molar-refractivity contribution in [3.05, 3.63) is 33.9 Å². The average molecular weight is 315 g/mol. The Balaban J connectivity index is 3.42. The van der Waals surface area contributed by atoms with E-state index in [2.05, 4.69) is 5.32 Å². The predicted octanol–water partition coefficient (Wildman–Crippen LogP) is 0.660. The van der Waals surface area contributed by atoms with Gasteiger partial charge in [-0.05, 0) is 12.5 Å². The lowest BCUT2D eigenvalue weighted by molar-refractivity contribution is -0.387. The van der Waals surface area contributed by atoms with Crippen LogP contribution in [-0.2, 0) is 14.8 Å². The minimum atomic E-state index is -4.13. The molecule has 0 aromatic heterocycles. The Labute approximate surface area is 123 Å². The lowest BCUT2D eigenvalue weighted by Crippen LogP contribution is -2.39. The fourth-order valence-corrected chi connectivity index (χ4v) is 3.62. The summed E-state index contributed by atoms with van der Waals surface area (Å²) in [7, 11) is -2.74. The number of hydrogen-bond acceptors (Lipinski definition) is 5. The van der Waals surface area contributed by atoms with E-state index in [0.29, 0.717) is 0 Å². The summed E-state index contributed by atoms with van der Waals surface area (Å²) >= 11 is 0. The van der Waals surface area contributed by atoms with E-state index in [9.17, 15) is 23.3 Å². The van der Waals surface area contributed by atoms with Gasteiger partial charge in [-0.25, -0.2) is 8.42 Å². The van der Waals surface area contributed by atoms with E-state index in [0.717, 1.165) is 10.4 Å². The van der Waals surface area contributed by atoms with E-state index in [1.807, 2.05) is 0 Å². The number of rotatable bonds is 6. The number of sulfonamides is 1. The van der Waals surface area contributed by atoms with Crippen LogP contribution < -0.4 is 5.32 Å². The molecule has 9 heteroatoms. The van der Waals surface area contributed by atoms with Gasteiger partial charge < -0.3 is 5.32 Å². The molecular weight excluding hydrogens is 298 g/mol. The van der Waals surface area contributed by atoms with Gasteiger partial charge in [-0.2, -0.15) is 4.31 Å². The molecule has 0 unspecified atom stereocenters. The molecule has 0 heterocycles. The molecule has 0 spiro atoms. The zero-order chi connectivity index (χ0) is 16.2. The summed E-state index contributed by atoms with van der Waals surface area (Å²) in [4.78, 5) is 21.3. The number of nitro groups is 1. The summed E-state index contributed by atoms with van der Waals surface area (Å²) in [5.41, 5.74) is -0.232. The molecule has 0 aliphatic carbocycles. The van der Waals surface area contributed by atoms with Crippen molar-refractivity contribution in [2.24, 2.45) is 0 Å². The first kappa shape index (κ1) is 17.1. The highest BCUT2D eigenvalue weighted by Crippen LogP contribution is 2.29. The zero-order valence-electron chi connectivity index (χ0n) is 12.0. The molecule has 0 atom stereocenters. The number of carbonyl (C=O) groups is 1. The standard InChI is InChI=1S/C12H17N3O5S/c1-4-14(8-11(16)13-3)21(19,20)12-9(2)6-5-7-10(12)15(17)18/h5-7H,4,8H2,1-3H3,(H,13,16). The molecule has 0 radical (unpaired) electrons. The first-order valence-electron chi connectivity index (χ1n) is 6.20. The van der Waals surface area contributed by atoms with Crippen LogP contribution in [0.1, 0.15) is 12.5 Å². The van der Waals surface area contributed by atoms with Gasteiger partial charge in [0.25, 0.3) is 15.7 Å². The van der Waals surface area contributed by atoms with Crippen molar-refractivity contribution >= 4 is 21.6 Å². The van der Waals surface area contributed by atoms with Crippen LogP contribution in [-0.4, -0.2) is 43.7 Å². The van der Waals surface area contributed by atoms with E-state index < -0.39 is 26.5 Å². The molecule has 0 saturated carbocycles. The van der Waals surface area contributed by atoms with E-state index in [1.165, 1.54) is 26.1 Å². The van der Waals surface area contributed by atoms with Crippen LogP contribution in [0.25, 0.3) is 0 Å². The van der Waals surface area contributed by atoms with Crippen LogP contribution >= 0.6 is 0 Å². The fourth-order valence-electron chi connectivity index (χ4n) is 1.85. The lowest BCUT2D eigenvalue weighted by Gasteiger charge is -2.20. The van der Waals surface area contributed by atoms with Crippen molar-refractivity contribution in [2.45, 2.75) is 18.7 Å². The SMILES string of the molecule is CCN(CC(=O)NC)S(=O)(=O)c1c(C)cccc1[N+](=O)[O-]. The smallest absolute Gasteiger partial charge is 0.289 e. The highest BCUT2D eigenvalue weighted by molar-refractivity contribution is 7.89. The molecule has 0 aliphatic heterocycles. The second kappa shape index (κ2) is 6.64. The summed E-state index contributed by atoms with van der Waals surface area (Å²) in [6.07, 6.45) is 0. The number of nitrogens with zero attached hydrogens (tertiary/aromatic N) is 2. The van der Waals surface area contributed by atoms with E-state index in [-0.39, 0.29) is 23.5 Å². The maximum atomic E-state index is 12.6. The lowest BCUT2D eigenvalue weighted by atomic mass is 10.2. The molecule has 0 fully saturated rings. The third-order valence-corrected chi connectivity index (χ3v) is 5.05. The maximum Gasteiger partial charge on any atom is 0.289 e. The van der Waals surface area contributed by atoms with Crippen molar-refractivity contribution in [1.82, 2.24) is 9.62 Å². The Morgan fingerprint density at radius 2 is 2.05 bits per heavy atom. The molecule has 0 bridgehead atoms. The Bertz CT molecular complexity index is 657. The van der Waals surface area contributed by atoms with E-state index >= 15 is 0 Å². The summed E-state index contributed by atoms with van der Waals surface area (Å²) in [5, 5.41) is 13.4. The summed E-state index contributed by atoms with van der Waals surface area (Å²) in [5.74, 6) is -0.489. The maximum absolute atomic E-state index is 12.6. The van der Waals surface area contributed by atoms with Crippen LogP contribution in [0.3, 0.4) is 0 Å². The van der Waals surface area contributed by atoms with Crippen LogP contribution in [0, 0.1) is 17.0 Å². The van der Waals surface area contributed by atoms with Crippen LogP contribution in [0.5, 0.6) is 0 Å². The normalized spacial score (nSPS) is 11.4. The zero-order valence-corrected chi connectivity index (χ0v) is 12.8. The summed E-state index contributed by atoms with van der Waals surface area (Å²) in [6.45, 7) is 2.68. The minimum absolute atomic E-state index is 0.0290. The number of amides is 1. The molecule has 21 heavy (non-hydrogen) atoms. The minimum Gasteiger partial charge on any atom is -0.358 e. The van der Waals surface area contributed by atoms with Gasteiger partial charge in [0.2, 0.25) is 5.91 Å². The number of nitrogens with one attached hydrogen (secondary N) is 1. The number of nitro benzene ring substituents is 1. The van der Waals surface area contributed by atoms with Gasteiger partial charge in [0.15, 0.2) is 4.90 Å². The number of carbonyl (C=O) groups excluding carboxylic acids is 1. The van der Waals surface area contributed by atoms with Crippen molar-refractivity contribution in [3.8, 4) is 0 Å². The highest BCUT2D eigenvalue weighted by Gasteiger charge is 2.33. The molecule has 1 aromatic rings. The Morgan fingerprint density at radius 1 is 1.43 bits per heavy atom. The number of benzene rings is 1. The third-order valence-electron chi connectivity index (χ3n) is 2.94. The Morgan fingerprint density at radius 3 is 2.52 bits per heavy atom. The molecule has 0 aliphatic rings. The predicted molar refractivity (Wildman–Crippen MR) is 76.3 cm³/mol. The number of aryl methyl sites for hydroxylation is 1. The second-order valence-electron chi connectivity index (χ2n) is 4.28. The molecule has 116 valence electrons. The molecule has 0 saturated heterocycles. The van der Waals surface area contributed by atoms with Crippen molar-refractivity contribution < 1.29 is 18.1 Å².